The molecule has 27 heavy (non-hydrogen) atoms. The van der Waals surface area contributed by atoms with Gasteiger partial charge in [-0.15, -0.1) is 11.3 Å². The van der Waals surface area contributed by atoms with Crippen LogP contribution in [0.25, 0.3) is 10.1 Å². The van der Waals surface area contributed by atoms with Crippen molar-refractivity contribution in [3.8, 4) is 0 Å². The van der Waals surface area contributed by atoms with Crippen LogP contribution in [0.2, 0.25) is 0 Å². The molecule has 0 spiro atoms. The van der Waals surface area contributed by atoms with E-state index < -0.39 is 24.4 Å². The van der Waals surface area contributed by atoms with Crippen LogP contribution in [-0.4, -0.2) is 40.2 Å². The fourth-order valence-corrected chi connectivity index (χ4v) is 4.65. The number of fused-ring (bicyclic) bond motifs is 1. The molecule has 142 valence electrons. The predicted molar refractivity (Wildman–Crippen MR) is 102 cm³/mol. The Bertz CT molecular complexity index is 908. The summed E-state index contributed by atoms with van der Waals surface area (Å²) in [5, 5.41) is 30.4. The molecule has 3 aromatic rings. The molecule has 2 aromatic carbocycles. The maximum absolute atomic E-state index is 14.4. The Morgan fingerprint density at radius 2 is 1.93 bits per heavy atom. The van der Waals surface area contributed by atoms with E-state index >= 15 is 0 Å². The van der Waals surface area contributed by atoms with Crippen LogP contribution in [0.3, 0.4) is 0 Å². The van der Waals surface area contributed by atoms with Crippen molar-refractivity contribution in [2.45, 2.75) is 37.3 Å². The van der Waals surface area contributed by atoms with Crippen molar-refractivity contribution in [1.82, 2.24) is 0 Å². The normalized spacial score (nSPS) is 25.8. The van der Waals surface area contributed by atoms with Crippen molar-refractivity contribution in [3.63, 3.8) is 0 Å². The second kappa shape index (κ2) is 7.66. The van der Waals surface area contributed by atoms with E-state index in [1.165, 1.54) is 10.8 Å². The quantitative estimate of drug-likeness (QED) is 0.642. The summed E-state index contributed by atoms with van der Waals surface area (Å²) in [7, 11) is 0. The number of hydrogen-bond acceptors (Lipinski definition) is 5. The number of halogens is 1. The van der Waals surface area contributed by atoms with Crippen molar-refractivity contribution < 1.29 is 24.4 Å². The molecule has 3 N–H and O–H groups in total. The van der Waals surface area contributed by atoms with Gasteiger partial charge in [-0.2, -0.15) is 0 Å². The molecule has 4 rings (SSSR count). The van der Waals surface area contributed by atoms with Crippen LogP contribution in [0.4, 0.5) is 4.39 Å². The lowest BCUT2D eigenvalue weighted by atomic mass is 9.93. The largest absolute Gasteiger partial charge is 0.394 e. The summed E-state index contributed by atoms with van der Waals surface area (Å²) >= 11 is 1.64. The van der Waals surface area contributed by atoms with Crippen molar-refractivity contribution in [1.29, 1.82) is 0 Å². The molecule has 1 saturated heterocycles. The highest BCUT2D eigenvalue weighted by atomic mass is 32.1. The van der Waals surface area contributed by atoms with Crippen LogP contribution < -0.4 is 0 Å². The number of ether oxygens (including phenoxy) is 1. The second-order valence-electron chi connectivity index (χ2n) is 6.92. The van der Waals surface area contributed by atoms with Crippen LogP contribution in [0.1, 0.15) is 28.5 Å². The molecule has 0 saturated carbocycles. The minimum atomic E-state index is -1.12. The number of aliphatic hydroxyl groups is 3. The monoisotopic (exact) mass is 388 g/mol. The molecule has 4 atom stereocenters. The van der Waals surface area contributed by atoms with Crippen molar-refractivity contribution in [3.05, 3.63) is 70.4 Å². The Labute approximate surface area is 160 Å². The maximum atomic E-state index is 14.4. The number of benzene rings is 2. The highest BCUT2D eigenvalue weighted by Gasteiger charge is 2.37. The summed E-state index contributed by atoms with van der Waals surface area (Å²) in [6.45, 7) is -0.384. The van der Waals surface area contributed by atoms with Crippen molar-refractivity contribution in [2.75, 3.05) is 6.61 Å². The van der Waals surface area contributed by atoms with Gasteiger partial charge in [0.15, 0.2) is 0 Å². The average molecular weight is 388 g/mol. The van der Waals surface area contributed by atoms with Gasteiger partial charge in [0.2, 0.25) is 0 Å². The van der Waals surface area contributed by atoms with Gasteiger partial charge in [0.1, 0.15) is 18.0 Å². The van der Waals surface area contributed by atoms with Crippen LogP contribution in [-0.2, 0) is 11.2 Å². The molecule has 2 heterocycles. The zero-order valence-electron chi connectivity index (χ0n) is 14.6. The first-order valence-corrected chi connectivity index (χ1v) is 9.75. The van der Waals surface area contributed by atoms with E-state index in [0.717, 1.165) is 15.8 Å². The molecule has 1 aliphatic rings. The van der Waals surface area contributed by atoms with Crippen molar-refractivity contribution in [2.24, 2.45) is 0 Å². The molecule has 0 bridgehead atoms. The summed E-state index contributed by atoms with van der Waals surface area (Å²) in [5.41, 5.74) is 1.29. The average Bonchev–Trinajstić information content (AvgIpc) is 3.08. The van der Waals surface area contributed by atoms with Crippen LogP contribution in [0.5, 0.6) is 0 Å². The van der Waals surface area contributed by atoms with Gasteiger partial charge in [0.25, 0.3) is 0 Å². The first-order valence-electron chi connectivity index (χ1n) is 8.93. The highest BCUT2D eigenvalue weighted by Crippen LogP contribution is 2.34. The van der Waals surface area contributed by atoms with Gasteiger partial charge < -0.3 is 20.1 Å². The lowest BCUT2D eigenvalue weighted by Crippen LogP contribution is -2.47. The minimum Gasteiger partial charge on any atom is -0.394 e. The smallest absolute Gasteiger partial charge is 0.126 e. The molecule has 0 aliphatic carbocycles. The third-order valence-electron chi connectivity index (χ3n) is 5.03. The third-order valence-corrected chi connectivity index (χ3v) is 6.15. The zero-order valence-corrected chi connectivity index (χ0v) is 15.4. The van der Waals surface area contributed by atoms with Gasteiger partial charge in [-0.05, 0) is 40.8 Å². The van der Waals surface area contributed by atoms with E-state index in [-0.39, 0.29) is 18.8 Å². The van der Waals surface area contributed by atoms with Gasteiger partial charge in [-0.1, -0.05) is 24.3 Å². The Kier molecular flexibility index (Phi) is 5.25. The number of rotatable bonds is 4. The maximum Gasteiger partial charge on any atom is 0.126 e. The van der Waals surface area contributed by atoms with E-state index in [2.05, 4.69) is 6.07 Å². The summed E-state index contributed by atoms with van der Waals surface area (Å²) in [6.07, 6.45) is -2.79. The first-order chi connectivity index (χ1) is 13.0. The van der Waals surface area contributed by atoms with E-state index in [1.54, 1.807) is 23.5 Å². The van der Waals surface area contributed by atoms with E-state index in [1.807, 2.05) is 24.3 Å². The summed E-state index contributed by atoms with van der Waals surface area (Å²) in [6, 6.07) is 14.9. The standard InChI is InChI=1S/C21H21FO4S/c22-16-6-5-12(18-10-17(24)21(25)19(11-23)26-18)7-14(16)9-15-8-13-3-1-2-4-20(13)27-15/h1-8,17-19,21,23-25H,9-11H2. The van der Waals surface area contributed by atoms with Crippen LogP contribution in [0, 0.1) is 5.82 Å². The zero-order chi connectivity index (χ0) is 19.0. The van der Waals surface area contributed by atoms with E-state index in [0.29, 0.717) is 12.0 Å². The third kappa shape index (κ3) is 3.77. The van der Waals surface area contributed by atoms with Crippen LogP contribution >= 0.6 is 11.3 Å². The van der Waals surface area contributed by atoms with Gasteiger partial charge >= 0.3 is 0 Å². The van der Waals surface area contributed by atoms with Gasteiger partial charge in [0, 0.05) is 22.4 Å². The summed E-state index contributed by atoms with van der Waals surface area (Å²) in [5.74, 6) is -0.286. The first kappa shape index (κ1) is 18.5. The van der Waals surface area contributed by atoms with Gasteiger partial charge in [0.05, 0.1) is 18.8 Å². The van der Waals surface area contributed by atoms with Crippen LogP contribution in [0.15, 0.2) is 48.5 Å². The second-order valence-corrected chi connectivity index (χ2v) is 8.09. The Balaban J connectivity index is 1.59. The topological polar surface area (TPSA) is 69.9 Å². The fourth-order valence-electron chi connectivity index (χ4n) is 3.56. The fraction of sp³-hybridized carbons (Fsp3) is 0.333. The highest BCUT2D eigenvalue weighted by molar-refractivity contribution is 7.19. The van der Waals surface area contributed by atoms with Crippen molar-refractivity contribution >= 4 is 21.4 Å². The molecule has 1 fully saturated rings. The molecule has 1 aliphatic heterocycles. The molecular formula is C21H21FO4S. The molecule has 0 amide bonds. The minimum absolute atomic E-state index is 0.200. The Hall–Kier alpha value is -1.83. The molecule has 4 nitrogen and oxygen atoms in total. The SMILES string of the molecule is OCC1OC(c2ccc(F)c(Cc3cc4ccccc4s3)c2)CC(O)C1O. The molecule has 0 radical (unpaired) electrons. The number of thiophene rings is 1. The number of aliphatic hydroxyl groups excluding tert-OH is 3. The number of hydrogen-bond donors (Lipinski definition) is 3. The molecule has 1 aromatic heterocycles. The Morgan fingerprint density at radius 3 is 2.70 bits per heavy atom. The molecule has 6 heteroatoms. The molecular weight excluding hydrogens is 367 g/mol. The van der Waals surface area contributed by atoms with E-state index in [9.17, 15) is 19.7 Å². The summed E-state index contributed by atoms with van der Waals surface area (Å²) < 4.78 is 21.3. The predicted octanol–water partition coefficient (Wildman–Crippen LogP) is 3.18. The molecule has 4 unspecified atom stereocenters. The van der Waals surface area contributed by atoms with Gasteiger partial charge in [-0.25, -0.2) is 4.39 Å². The summed E-state index contributed by atoms with van der Waals surface area (Å²) in [4.78, 5) is 1.07. The van der Waals surface area contributed by atoms with Gasteiger partial charge in [-0.3, -0.25) is 0 Å². The lowest BCUT2D eigenvalue weighted by molar-refractivity contribution is -0.181. The Morgan fingerprint density at radius 1 is 1.11 bits per heavy atom. The van der Waals surface area contributed by atoms with E-state index in [4.69, 9.17) is 4.74 Å². The lowest BCUT2D eigenvalue weighted by Gasteiger charge is -2.36.